The normalized spacial score (nSPS) is 11.1. The topological polar surface area (TPSA) is 58.2 Å². The van der Waals surface area contributed by atoms with Gasteiger partial charge in [0.2, 0.25) is 5.91 Å². The van der Waals surface area contributed by atoms with Gasteiger partial charge in [0.25, 0.3) is 5.91 Å². The molecule has 0 fully saturated rings. The summed E-state index contributed by atoms with van der Waals surface area (Å²) in [5.74, 6) is -0.599. The van der Waals surface area contributed by atoms with Gasteiger partial charge < -0.3 is 10.6 Å². The first-order chi connectivity index (χ1) is 9.25. The van der Waals surface area contributed by atoms with E-state index in [1.807, 2.05) is 20.8 Å². The molecule has 0 aliphatic rings. The number of rotatable bonds is 5. The van der Waals surface area contributed by atoms with E-state index in [2.05, 4.69) is 10.6 Å². The third-order valence-corrected chi connectivity index (χ3v) is 3.69. The minimum Gasteiger partial charge on any atom is -0.350 e. The molecular weight excluding hydrogens is 299 g/mol. The molecular formula is C14H18Cl2N2O2. The molecule has 0 bridgehead atoms. The van der Waals surface area contributed by atoms with Crippen molar-refractivity contribution in [1.29, 1.82) is 0 Å². The summed E-state index contributed by atoms with van der Waals surface area (Å²) in [4.78, 5) is 23.6. The minimum atomic E-state index is -0.368. The molecule has 20 heavy (non-hydrogen) atoms. The molecule has 2 amide bonds. The highest BCUT2D eigenvalue weighted by Crippen LogP contribution is 2.22. The first kappa shape index (κ1) is 16.8. The molecule has 6 heteroatoms. The van der Waals surface area contributed by atoms with Gasteiger partial charge >= 0.3 is 0 Å². The van der Waals surface area contributed by atoms with Crippen LogP contribution in [0.2, 0.25) is 10.0 Å². The quantitative estimate of drug-likeness (QED) is 0.877. The van der Waals surface area contributed by atoms with Crippen LogP contribution in [0.25, 0.3) is 0 Å². The Labute approximate surface area is 128 Å². The fraction of sp³-hybridized carbons (Fsp3) is 0.429. The average molecular weight is 317 g/mol. The Kier molecular flexibility index (Phi) is 5.84. The van der Waals surface area contributed by atoms with Gasteiger partial charge in [0, 0.05) is 11.1 Å². The van der Waals surface area contributed by atoms with Gasteiger partial charge in [-0.15, -0.1) is 0 Å². The highest BCUT2D eigenvalue weighted by molar-refractivity contribution is 6.42. The molecule has 4 nitrogen and oxygen atoms in total. The molecule has 0 aliphatic heterocycles. The lowest BCUT2D eigenvalue weighted by Gasteiger charge is -2.24. The molecule has 0 heterocycles. The summed E-state index contributed by atoms with van der Waals surface area (Å²) in [6.45, 7) is 5.74. The molecule has 0 spiro atoms. The van der Waals surface area contributed by atoms with Crippen molar-refractivity contribution in [2.75, 3.05) is 6.54 Å². The zero-order valence-electron chi connectivity index (χ0n) is 11.7. The molecule has 0 saturated heterocycles. The third kappa shape index (κ3) is 5.02. The molecule has 1 rings (SSSR count). The molecule has 0 saturated carbocycles. The van der Waals surface area contributed by atoms with Crippen LogP contribution in [0.1, 0.15) is 37.6 Å². The van der Waals surface area contributed by atoms with Gasteiger partial charge in [0.05, 0.1) is 16.6 Å². The van der Waals surface area contributed by atoms with Crippen molar-refractivity contribution in [3.05, 3.63) is 33.8 Å². The van der Waals surface area contributed by atoms with E-state index in [0.29, 0.717) is 15.6 Å². The van der Waals surface area contributed by atoms with Crippen molar-refractivity contribution < 1.29 is 9.59 Å². The number of nitrogens with one attached hydrogen (secondary N) is 2. The van der Waals surface area contributed by atoms with Crippen LogP contribution in [-0.2, 0) is 4.79 Å². The fourth-order valence-corrected chi connectivity index (χ4v) is 1.71. The van der Waals surface area contributed by atoms with Crippen molar-refractivity contribution in [2.45, 2.75) is 32.7 Å². The average Bonchev–Trinajstić information content (AvgIpc) is 2.38. The molecule has 110 valence electrons. The smallest absolute Gasteiger partial charge is 0.251 e. The van der Waals surface area contributed by atoms with Crippen LogP contribution in [-0.4, -0.2) is 23.9 Å². The van der Waals surface area contributed by atoms with E-state index >= 15 is 0 Å². The lowest BCUT2D eigenvalue weighted by Crippen LogP contribution is -2.47. The van der Waals surface area contributed by atoms with Crippen LogP contribution < -0.4 is 10.6 Å². The van der Waals surface area contributed by atoms with Gasteiger partial charge in [0.1, 0.15) is 0 Å². The standard InChI is InChI=1S/C14H18Cl2N2O2/c1-4-14(2,3)18-12(19)8-17-13(20)9-5-6-10(15)11(16)7-9/h5-7H,4,8H2,1-3H3,(H,17,20)(H,18,19). The number of halogens is 2. The minimum absolute atomic E-state index is 0.0808. The van der Waals surface area contributed by atoms with Crippen molar-refractivity contribution in [3.8, 4) is 0 Å². The predicted octanol–water partition coefficient (Wildman–Crippen LogP) is 3.03. The lowest BCUT2D eigenvalue weighted by molar-refractivity contribution is -0.121. The van der Waals surface area contributed by atoms with Gasteiger partial charge in [-0.2, -0.15) is 0 Å². The van der Waals surface area contributed by atoms with E-state index in [-0.39, 0.29) is 23.9 Å². The summed E-state index contributed by atoms with van der Waals surface area (Å²) in [7, 11) is 0. The maximum absolute atomic E-state index is 11.9. The summed E-state index contributed by atoms with van der Waals surface area (Å²) in [6.07, 6.45) is 0.805. The van der Waals surface area contributed by atoms with E-state index < -0.39 is 0 Å². The highest BCUT2D eigenvalue weighted by Gasteiger charge is 2.18. The van der Waals surface area contributed by atoms with Crippen LogP contribution in [0, 0.1) is 0 Å². The molecule has 0 radical (unpaired) electrons. The van der Waals surface area contributed by atoms with Crippen molar-refractivity contribution in [2.24, 2.45) is 0 Å². The first-order valence-corrected chi connectivity index (χ1v) is 7.05. The van der Waals surface area contributed by atoms with Crippen LogP contribution in [0.15, 0.2) is 18.2 Å². The fourth-order valence-electron chi connectivity index (χ4n) is 1.41. The van der Waals surface area contributed by atoms with Gasteiger partial charge in [0.15, 0.2) is 0 Å². The summed E-state index contributed by atoms with van der Waals surface area (Å²) >= 11 is 11.6. The van der Waals surface area contributed by atoms with E-state index in [0.717, 1.165) is 6.42 Å². The Morgan fingerprint density at radius 3 is 2.40 bits per heavy atom. The number of hydrogen-bond acceptors (Lipinski definition) is 2. The summed E-state index contributed by atoms with van der Waals surface area (Å²) in [5.41, 5.74) is 0.0766. The molecule has 0 aliphatic carbocycles. The van der Waals surface area contributed by atoms with Gasteiger partial charge in [-0.25, -0.2) is 0 Å². The third-order valence-electron chi connectivity index (χ3n) is 2.95. The van der Waals surface area contributed by atoms with Crippen LogP contribution >= 0.6 is 23.2 Å². The summed E-state index contributed by atoms with van der Waals surface area (Å²) in [5, 5.41) is 6.05. The monoisotopic (exact) mass is 316 g/mol. The second kappa shape index (κ2) is 6.95. The molecule has 2 N–H and O–H groups in total. The predicted molar refractivity (Wildman–Crippen MR) is 81.3 cm³/mol. The second-order valence-electron chi connectivity index (χ2n) is 5.10. The molecule has 1 aromatic carbocycles. The number of hydrogen-bond donors (Lipinski definition) is 2. The molecule has 0 unspecified atom stereocenters. The first-order valence-electron chi connectivity index (χ1n) is 6.29. The molecule has 1 aromatic rings. The summed E-state index contributed by atoms with van der Waals surface area (Å²) in [6, 6.07) is 4.56. The van der Waals surface area contributed by atoms with Crippen LogP contribution in [0.5, 0.6) is 0 Å². The number of carbonyl (C=O) groups is 2. The van der Waals surface area contributed by atoms with Crippen LogP contribution in [0.3, 0.4) is 0 Å². The van der Waals surface area contributed by atoms with E-state index in [4.69, 9.17) is 23.2 Å². The van der Waals surface area contributed by atoms with E-state index in [1.54, 1.807) is 12.1 Å². The Bertz CT molecular complexity index is 516. The van der Waals surface area contributed by atoms with Crippen molar-refractivity contribution in [1.82, 2.24) is 10.6 Å². The largest absolute Gasteiger partial charge is 0.350 e. The zero-order chi connectivity index (χ0) is 15.3. The molecule has 0 aromatic heterocycles. The van der Waals surface area contributed by atoms with Crippen molar-refractivity contribution in [3.63, 3.8) is 0 Å². The number of carbonyl (C=O) groups excluding carboxylic acids is 2. The van der Waals surface area contributed by atoms with Crippen molar-refractivity contribution >= 4 is 35.0 Å². The highest BCUT2D eigenvalue weighted by atomic mass is 35.5. The zero-order valence-corrected chi connectivity index (χ0v) is 13.2. The number of benzene rings is 1. The summed E-state index contributed by atoms with van der Waals surface area (Å²) < 4.78 is 0. The molecule has 0 atom stereocenters. The van der Waals surface area contributed by atoms with Gasteiger partial charge in [-0.1, -0.05) is 30.1 Å². The Hall–Kier alpha value is -1.26. The second-order valence-corrected chi connectivity index (χ2v) is 5.91. The maximum atomic E-state index is 11.9. The Morgan fingerprint density at radius 1 is 1.20 bits per heavy atom. The van der Waals surface area contributed by atoms with E-state index in [1.165, 1.54) is 6.07 Å². The number of amides is 2. The van der Waals surface area contributed by atoms with Gasteiger partial charge in [-0.3, -0.25) is 9.59 Å². The van der Waals surface area contributed by atoms with Crippen LogP contribution in [0.4, 0.5) is 0 Å². The van der Waals surface area contributed by atoms with E-state index in [9.17, 15) is 9.59 Å². The Morgan fingerprint density at radius 2 is 1.85 bits per heavy atom. The maximum Gasteiger partial charge on any atom is 0.251 e. The SMILES string of the molecule is CCC(C)(C)NC(=O)CNC(=O)c1ccc(Cl)c(Cl)c1. The Balaban J connectivity index is 2.55. The van der Waals surface area contributed by atoms with Gasteiger partial charge in [-0.05, 0) is 38.5 Å². The lowest BCUT2D eigenvalue weighted by atomic mass is 10.0.